The minimum Gasteiger partial charge on any atom is -0.480 e. The molecule has 0 spiro atoms. The zero-order valence-electron chi connectivity index (χ0n) is 12.6. The van der Waals surface area contributed by atoms with Crippen LogP contribution in [0.4, 0.5) is 0 Å². The summed E-state index contributed by atoms with van der Waals surface area (Å²) < 4.78 is 0. The summed E-state index contributed by atoms with van der Waals surface area (Å²) in [5.41, 5.74) is 0.984. The van der Waals surface area contributed by atoms with Crippen molar-refractivity contribution < 1.29 is 14.7 Å². The smallest absolute Gasteiger partial charge is 0.321 e. The molecule has 0 saturated carbocycles. The van der Waals surface area contributed by atoms with Gasteiger partial charge in [0, 0.05) is 24.9 Å². The molecule has 1 N–H and O–H groups in total. The number of nitrogens with zero attached hydrogens (tertiary/aromatic N) is 1. The van der Waals surface area contributed by atoms with Crippen LogP contribution < -0.4 is 0 Å². The fourth-order valence-corrected chi connectivity index (χ4v) is 3.55. The fourth-order valence-electron chi connectivity index (χ4n) is 3.55. The molecule has 4 heteroatoms. The Hall–Kier alpha value is -1.16. The molecule has 0 amide bonds. The van der Waals surface area contributed by atoms with E-state index in [0.29, 0.717) is 13.1 Å². The van der Waals surface area contributed by atoms with Crippen molar-refractivity contribution in [3.05, 3.63) is 11.6 Å². The summed E-state index contributed by atoms with van der Waals surface area (Å²) in [6.07, 6.45) is 5.15. The second-order valence-electron chi connectivity index (χ2n) is 6.41. The molecule has 1 unspecified atom stereocenters. The summed E-state index contributed by atoms with van der Waals surface area (Å²) in [7, 11) is 0. The van der Waals surface area contributed by atoms with Crippen molar-refractivity contribution in [2.24, 2.45) is 17.8 Å². The maximum atomic E-state index is 12.4. The number of allylic oxidation sites excluding steroid dienone is 1. The summed E-state index contributed by atoms with van der Waals surface area (Å²) in [4.78, 5) is 25.7. The van der Waals surface area contributed by atoms with Gasteiger partial charge in [0.1, 0.15) is 6.04 Å². The molecule has 1 fully saturated rings. The van der Waals surface area contributed by atoms with E-state index in [-0.39, 0.29) is 23.5 Å². The van der Waals surface area contributed by atoms with E-state index in [1.165, 1.54) is 0 Å². The van der Waals surface area contributed by atoms with E-state index in [0.717, 1.165) is 24.8 Å². The first-order valence-electron chi connectivity index (χ1n) is 7.67. The molecule has 0 bridgehead atoms. The van der Waals surface area contributed by atoms with Crippen LogP contribution in [0.1, 0.15) is 40.0 Å². The van der Waals surface area contributed by atoms with Gasteiger partial charge in [-0.1, -0.05) is 33.3 Å². The molecule has 0 radical (unpaired) electrons. The summed E-state index contributed by atoms with van der Waals surface area (Å²) in [6, 6.07) is -0.471. The van der Waals surface area contributed by atoms with E-state index in [9.17, 15) is 14.7 Å². The molecule has 3 atom stereocenters. The van der Waals surface area contributed by atoms with Crippen LogP contribution in [0.5, 0.6) is 0 Å². The average molecular weight is 279 g/mol. The van der Waals surface area contributed by atoms with Crippen LogP contribution in [-0.2, 0) is 9.59 Å². The topological polar surface area (TPSA) is 57.6 Å². The van der Waals surface area contributed by atoms with E-state index in [1.54, 1.807) is 0 Å². The predicted octanol–water partition coefficient (Wildman–Crippen LogP) is 2.34. The Morgan fingerprint density at radius 2 is 2.15 bits per heavy atom. The summed E-state index contributed by atoms with van der Waals surface area (Å²) in [5.74, 6) is -0.219. The number of fused-ring (bicyclic) bond motifs is 1. The highest BCUT2D eigenvalue weighted by atomic mass is 16.4. The van der Waals surface area contributed by atoms with Crippen LogP contribution in [0.2, 0.25) is 0 Å². The van der Waals surface area contributed by atoms with E-state index >= 15 is 0 Å². The summed E-state index contributed by atoms with van der Waals surface area (Å²) in [6.45, 7) is 7.29. The van der Waals surface area contributed by atoms with Crippen LogP contribution in [0.3, 0.4) is 0 Å². The lowest BCUT2D eigenvalue weighted by Gasteiger charge is -2.27. The molecule has 0 aromatic carbocycles. The first-order valence-corrected chi connectivity index (χ1v) is 7.67. The van der Waals surface area contributed by atoms with Gasteiger partial charge in [-0.25, -0.2) is 0 Å². The van der Waals surface area contributed by atoms with E-state index in [1.807, 2.05) is 18.7 Å². The van der Waals surface area contributed by atoms with Gasteiger partial charge >= 0.3 is 5.97 Å². The molecule has 2 rings (SSSR count). The third-order valence-electron chi connectivity index (χ3n) is 4.54. The van der Waals surface area contributed by atoms with Crippen LogP contribution in [-0.4, -0.2) is 40.9 Å². The van der Waals surface area contributed by atoms with Gasteiger partial charge in [-0.2, -0.15) is 0 Å². The predicted molar refractivity (Wildman–Crippen MR) is 77.4 cm³/mol. The molecule has 4 nitrogen and oxygen atoms in total. The number of carbonyl (C=O) groups excluding carboxylic acids is 1. The number of Topliss-reactive ketones (excluding diaryl/α,β-unsaturated/α-hetero) is 1. The Morgan fingerprint density at radius 3 is 2.65 bits per heavy atom. The van der Waals surface area contributed by atoms with Gasteiger partial charge in [0.2, 0.25) is 0 Å². The van der Waals surface area contributed by atoms with Crippen molar-refractivity contribution in [3.8, 4) is 0 Å². The SMILES string of the molecule is CCCCC1=C[C@@H]2CN(C(C(=O)O)C(C)C)C[C@@H]2C1=O. The van der Waals surface area contributed by atoms with Crippen molar-refractivity contribution >= 4 is 11.8 Å². The van der Waals surface area contributed by atoms with E-state index < -0.39 is 12.0 Å². The Bertz CT molecular complexity index is 427. The van der Waals surface area contributed by atoms with Crippen molar-refractivity contribution in [3.63, 3.8) is 0 Å². The molecule has 1 saturated heterocycles. The van der Waals surface area contributed by atoms with Gasteiger partial charge in [-0.3, -0.25) is 14.5 Å². The maximum Gasteiger partial charge on any atom is 0.321 e. The number of carbonyl (C=O) groups is 2. The molecule has 1 aliphatic heterocycles. The molecular formula is C16H25NO3. The van der Waals surface area contributed by atoms with Crippen LogP contribution in [0.25, 0.3) is 0 Å². The molecule has 2 aliphatic rings. The average Bonchev–Trinajstić information content (AvgIpc) is 2.86. The van der Waals surface area contributed by atoms with Gasteiger partial charge in [0.15, 0.2) is 5.78 Å². The number of hydrogen-bond donors (Lipinski definition) is 1. The molecule has 0 aromatic rings. The van der Waals surface area contributed by atoms with Gasteiger partial charge < -0.3 is 5.11 Å². The lowest BCUT2D eigenvalue weighted by atomic mass is 9.97. The van der Waals surface area contributed by atoms with Gasteiger partial charge in [-0.05, 0) is 24.3 Å². The zero-order valence-corrected chi connectivity index (χ0v) is 12.6. The van der Waals surface area contributed by atoms with E-state index in [2.05, 4.69) is 13.0 Å². The summed E-state index contributed by atoms with van der Waals surface area (Å²) in [5, 5.41) is 9.36. The Morgan fingerprint density at radius 1 is 1.45 bits per heavy atom. The monoisotopic (exact) mass is 279 g/mol. The number of likely N-dealkylation sites (tertiary alicyclic amines) is 1. The van der Waals surface area contributed by atoms with Crippen molar-refractivity contribution in [1.29, 1.82) is 0 Å². The minimum absolute atomic E-state index is 0.00227. The Kier molecular flexibility index (Phi) is 4.63. The third kappa shape index (κ3) is 2.80. The van der Waals surface area contributed by atoms with Gasteiger partial charge in [0.25, 0.3) is 0 Å². The van der Waals surface area contributed by atoms with Crippen LogP contribution in [0, 0.1) is 17.8 Å². The molecular weight excluding hydrogens is 254 g/mol. The maximum absolute atomic E-state index is 12.4. The number of carboxylic acid groups (broad SMARTS) is 1. The Labute approximate surface area is 120 Å². The highest BCUT2D eigenvalue weighted by molar-refractivity contribution is 6.00. The molecule has 1 heterocycles. The number of ketones is 1. The quantitative estimate of drug-likeness (QED) is 0.811. The lowest BCUT2D eigenvalue weighted by molar-refractivity contribution is -0.144. The lowest BCUT2D eigenvalue weighted by Crippen LogP contribution is -2.44. The first-order chi connectivity index (χ1) is 9.45. The highest BCUT2D eigenvalue weighted by Crippen LogP contribution is 2.37. The largest absolute Gasteiger partial charge is 0.480 e. The fraction of sp³-hybridized carbons (Fsp3) is 0.750. The molecule has 0 aromatic heterocycles. The number of hydrogen-bond acceptors (Lipinski definition) is 3. The summed E-state index contributed by atoms with van der Waals surface area (Å²) >= 11 is 0. The van der Waals surface area contributed by atoms with Crippen molar-refractivity contribution in [2.75, 3.05) is 13.1 Å². The van der Waals surface area contributed by atoms with Crippen molar-refractivity contribution in [1.82, 2.24) is 4.90 Å². The van der Waals surface area contributed by atoms with Crippen LogP contribution in [0.15, 0.2) is 11.6 Å². The van der Waals surface area contributed by atoms with Gasteiger partial charge in [-0.15, -0.1) is 0 Å². The third-order valence-corrected chi connectivity index (χ3v) is 4.54. The molecule has 112 valence electrons. The second kappa shape index (κ2) is 6.08. The standard InChI is InChI=1S/C16H25NO3/c1-4-5-6-11-7-12-8-17(9-13(12)15(11)18)14(10(2)3)16(19)20/h7,10,12-14H,4-6,8-9H2,1-3H3,(H,19,20)/t12-,13+,14?/m1/s1. The number of rotatable bonds is 6. The van der Waals surface area contributed by atoms with E-state index in [4.69, 9.17) is 0 Å². The zero-order chi connectivity index (χ0) is 14.9. The normalized spacial score (nSPS) is 27.8. The highest BCUT2D eigenvalue weighted by Gasteiger charge is 2.45. The molecule has 1 aliphatic carbocycles. The molecule has 20 heavy (non-hydrogen) atoms. The first kappa shape index (κ1) is 15.2. The number of aliphatic carboxylic acids is 1. The van der Waals surface area contributed by atoms with Gasteiger partial charge in [0.05, 0.1) is 0 Å². The minimum atomic E-state index is -0.775. The Balaban J connectivity index is 2.05. The number of carboxylic acids is 1. The van der Waals surface area contributed by atoms with Crippen molar-refractivity contribution in [2.45, 2.75) is 46.1 Å². The number of unbranched alkanes of at least 4 members (excludes halogenated alkanes) is 1. The van der Waals surface area contributed by atoms with Crippen LogP contribution >= 0.6 is 0 Å². The second-order valence-corrected chi connectivity index (χ2v) is 6.41.